The summed E-state index contributed by atoms with van der Waals surface area (Å²) in [7, 11) is 4.03. The van der Waals surface area contributed by atoms with Gasteiger partial charge in [-0.25, -0.2) is 4.98 Å². The van der Waals surface area contributed by atoms with Gasteiger partial charge in [0, 0.05) is 17.6 Å². The number of nitrogens with zero attached hydrogens (tertiary/aromatic N) is 2. The van der Waals surface area contributed by atoms with Crippen molar-refractivity contribution in [2.45, 2.75) is 26.0 Å². The lowest BCUT2D eigenvalue weighted by molar-refractivity contribution is 0.0783. The van der Waals surface area contributed by atoms with Gasteiger partial charge in [0.15, 0.2) is 0 Å². The Morgan fingerprint density at radius 2 is 2.15 bits per heavy atom. The summed E-state index contributed by atoms with van der Waals surface area (Å²) in [6.07, 6.45) is 1.83. The molecule has 0 saturated carbocycles. The summed E-state index contributed by atoms with van der Waals surface area (Å²) in [4.78, 5) is 7.45. The van der Waals surface area contributed by atoms with Crippen LogP contribution in [0.3, 0.4) is 0 Å². The van der Waals surface area contributed by atoms with Crippen molar-refractivity contribution in [3.05, 3.63) is 16.1 Å². The summed E-state index contributed by atoms with van der Waals surface area (Å²) in [5, 5.41) is 10.5. The van der Waals surface area contributed by atoms with Crippen LogP contribution in [0.4, 0.5) is 0 Å². The Labute approximate surface area is 83.0 Å². The van der Waals surface area contributed by atoms with Crippen LogP contribution in [-0.4, -0.2) is 29.1 Å². The topological polar surface area (TPSA) is 36.4 Å². The molecule has 0 bridgehead atoms. The Balaban J connectivity index is 2.75. The first-order valence-corrected chi connectivity index (χ1v) is 5.03. The molecule has 74 valence electrons. The van der Waals surface area contributed by atoms with Gasteiger partial charge >= 0.3 is 0 Å². The molecular weight excluding hydrogens is 184 g/mol. The van der Waals surface area contributed by atoms with Crippen LogP contribution in [0.5, 0.6) is 0 Å². The van der Waals surface area contributed by atoms with E-state index in [1.807, 2.05) is 20.3 Å². The van der Waals surface area contributed by atoms with Gasteiger partial charge in [0.05, 0.1) is 0 Å². The molecule has 0 saturated heterocycles. The van der Waals surface area contributed by atoms with Crippen LogP contribution in [0.15, 0.2) is 6.20 Å². The molecule has 1 aromatic rings. The second kappa shape index (κ2) is 3.74. The van der Waals surface area contributed by atoms with E-state index in [-0.39, 0.29) is 0 Å². The van der Waals surface area contributed by atoms with E-state index in [4.69, 9.17) is 0 Å². The van der Waals surface area contributed by atoms with Gasteiger partial charge in [0.1, 0.15) is 10.6 Å². The first kappa shape index (κ1) is 10.6. The Bertz CT molecular complexity index is 275. The normalized spacial score (nSPS) is 12.5. The fourth-order valence-electron chi connectivity index (χ4n) is 0.975. The van der Waals surface area contributed by atoms with Crippen LogP contribution in [-0.2, 0) is 12.1 Å². The van der Waals surface area contributed by atoms with Crippen molar-refractivity contribution in [3.8, 4) is 0 Å². The predicted octanol–water partition coefficient (Wildman–Crippen LogP) is 1.43. The van der Waals surface area contributed by atoms with Gasteiger partial charge in [-0.3, -0.25) is 0 Å². The Hall–Kier alpha value is -0.450. The van der Waals surface area contributed by atoms with E-state index in [1.165, 1.54) is 4.88 Å². The molecule has 13 heavy (non-hydrogen) atoms. The van der Waals surface area contributed by atoms with Gasteiger partial charge in [0.2, 0.25) is 0 Å². The van der Waals surface area contributed by atoms with E-state index in [2.05, 4.69) is 9.88 Å². The molecule has 0 spiro atoms. The minimum Gasteiger partial charge on any atom is -0.383 e. The molecule has 0 amide bonds. The lowest BCUT2D eigenvalue weighted by atomic mass is 10.2. The smallest absolute Gasteiger partial charge is 0.124 e. The summed E-state index contributed by atoms with van der Waals surface area (Å²) < 4.78 is 0. The van der Waals surface area contributed by atoms with E-state index < -0.39 is 5.60 Å². The van der Waals surface area contributed by atoms with E-state index in [1.54, 1.807) is 25.2 Å². The first-order valence-electron chi connectivity index (χ1n) is 4.22. The summed E-state index contributed by atoms with van der Waals surface area (Å²) in [5.74, 6) is 0. The standard InChI is InChI=1S/C9H16N2OS/c1-9(2,12)8-10-5-7(13-8)6-11(3)4/h5,12H,6H2,1-4H3. The van der Waals surface area contributed by atoms with Crippen molar-refractivity contribution >= 4 is 11.3 Å². The highest BCUT2D eigenvalue weighted by atomic mass is 32.1. The van der Waals surface area contributed by atoms with Crippen molar-refractivity contribution in [1.82, 2.24) is 9.88 Å². The van der Waals surface area contributed by atoms with Gasteiger partial charge in [-0.2, -0.15) is 0 Å². The van der Waals surface area contributed by atoms with Crippen molar-refractivity contribution in [2.75, 3.05) is 14.1 Å². The molecule has 4 heteroatoms. The lowest BCUT2D eigenvalue weighted by Crippen LogP contribution is -2.14. The maximum atomic E-state index is 9.67. The number of thiazole rings is 1. The molecule has 0 unspecified atom stereocenters. The largest absolute Gasteiger partial charge is 0.383 e. The third-order valence-corrected chi connectivity index (χ3v) is 2.84. The van der Waals surface area contributed by atoms with Gasteiger partial charge in [-0.05, 0) is 27.9 Å². The van der Waals surface area contributed by atoms with E-state index in [9.17, 15) is 5.11 Å². The number of aliphatic hydroxyl groups is 1. The summed E-state index contributed by atoms with van der Waals surface area (Å²) >= 11 is 1.57. The summed E-state index contributed by atoms with van der Waals surface area (Å²) in [5.41, 5.74) is -0.810. The lowest BCUT2D eigenvalue weighted by Gasteiger charge is -2.12. The maximum Gasteiger partial charge on any atom is 0.124 e. The van der Waals surface area contributed by atoms with E-state index >= 15 is 0 Å². The SMILES string of the molecule is CN(C)Cc1cnc(C(C)(C)O)s1. The van der Waals surface area contributed by atoms with Crippen LogP contribution in [0, 0.1) is 0 Å². The van der Waals surface area contributed by atoms with Crippen LogP contribution >= 0.6 is 11.3 Å². The molecule has 1 N–H and O–H groups in total. The average molecular weight is 200 g/mol. The zero-order valence-electron chi connectivity index (χ0n) is 8.53. The minimum absolute atomic E-state index is 0.782. The van der Waals surface area contributed by atoms with Gasteiger partial charge in [-0.1, -0.05) is 0 Å². The van der Waals surface area contributed by atoms with Crippen molar-refractivity contribution in [3.63, 3.8) is 0 Å². The average Bonchev–Trinajstić information content (AvgIpc) is 2.32. The molecular formula is C9H16N2OS. The van der Waals surface area contributed by atoms with Crippen LogP contribution in [0.25, 0.3) is 0 Å². The fourth-order valence-corrected chi connectivity index (χ4v) is 2.01. The van der Waals surface area contributed by atoms with Crippen molar-refractivity contribution in [2.24, 2.45) is 0 Å². The Kier molecular flexibility index (Phi) is 3.05. The summed E-state index contributed by atoms with van der Waals surface area (Å²) in [6.45, 7) is 4.39. The van der Waals surface area contributed by atoms with Gasteiger partial charge in [-0.15, -0.1) is 11.3 Å². The van der Waals surface area contributed by atoms with Crippen LogP contribution < -0.4 is 0 Å². The van der Waals surface area contributed by atoms with E-state index in [0.717, 1.165) is 11.6 Å². The molecule has 1 rings (SSSR count). The van der Waals surface area contributed by atoms with Crippen LogP contribution in [0.2, 0.25) is 0 Å². The second-order valence-electron chi connectivity index (χ2n) is 3.93. The molecule has 0 fully saturated rings. The maximum absolute atomic E-state index is 9.67. The highest BCUT2D eigenvalue weighted by Gasteiger charge is 2.20. The first-order chi connectivity index (χ1) is 5.89. The number of hydrogen-bond acceptors (Lipinski definition) is 4. The number of rotatable bonds is 3. The molecule has 1 aromatic heterocycles. The van der Waals surface area contributed by atoms with Gasteiger partial charge in [0.25, 0.3) is 0 Å². The molecule has 0 aliphatic carbocycles. The molecule has 0 aliphatic rings. The molecule has 0 radical (unpaired) electrons. The molecule has 0 aromatic carbocycles. The molecule has 0 aliphatic heterocycles. The quantitative estimate of drug-likeness (QED) is 0.802. The predicted molar refractivity (Wildman–Crippen MR) is 54.7 cm³/mol. The molecule has 1 heterocycles. The fraction of sp³-hybridized carbons (Fsp3) is 0.667. The third-order valence-electron chi connectivity index (χ3n) is 1.55. The van der Waals surface area contributed by atoms with E-state index in [0.29, 0.717) is 0 Å². The highest BCUT2D eigenvalue weighted by Crippen LogP contribution is 2.25. The monoisotopic (exact) mass is 200 g/mol. The third kappa shape index (κ3) is 3.06. The number of aromatic nitrogens is 1. The summed E-state index contributed by atoms with van der Waals surface area (Å²) in [6, 6.07) is 0. The second-order valence-corrected chi connectivity index (χ2v) is 5.04. The molecule has 0 atom stereocenters. The van der Waals surface area contributed by atoms with Crippen LogP contribution in [0.1, 0.15) is 23.7 Å². The van der Waals surface area contributed by atoms with Gasteiger partial charge < -0.3 is 10.0 Å². The van der Waals surface area contributed by atoms with Crippen molar-refractivity contribution < 1.29 is 5.11 Å². The highest BCUT2D eigenvalue weighted by molar-refractivity contribution is 7.11. The Morgan fingerprint density at radius 3 is 2.54 bits per heavy atom. The zero-order valence-corrected chi connectivity index (χ0v) is 9.35. The molecule has 3 nitrogen and oxygen atoms in total. The number of hydrogen-bond donors (Lipinski definition) is 1. The zero-order chi connectivity index (χ0) is 10.1. The van der Waals surface area contributed by atoms with Crippen molar-refractivity contribution in [1.29, 1.82) is 0 Å². The minimum atomic E-state index is -0.810. The Morgan fingerprint density at radius 1 is 1.54 bits per heavy atom.